The number of anilines is 1. The van der Waals surface area contributed by atoms with Gasteiger partial charge in [0.1, 0.15) is 6.17 Å². The number of piperidine rings is 1. The maximum atomic E-state index is 14.0. The molecule has 2 N–H and O–H groups in total. The van der Waals surface area contributed by atoms with E-state index in [4.69, 9.17) is 5.73 Å². The highest BCUT2D eigenvalue weighted by molar-refractivity contribution is 5.79. The number of hydrogen-bond acceptors (Lipinski definition) is 3. The van der Waals surface area contributed by atoms with E-state index in [0.29, 0.717) is 18.1 Å². The zero-order chi connectivity index (χ0) is 22.5. The molecule has 10 heteroatoms. The summed E-state index contributed by atoms with van der Waals surface area (Å²) in [5.74, 6) is -1.81. The number of benzene rings is 2. The Morgan fingerprint density at radius 2 is 1.74 bits per heavy atom. The number of hydrogen-bond donors (Lipinski definition) is 1. The number of aromatic nitrogens is 2. The Morgan fingerprint density at radius 3 is 2.35 bits per heavy atom. The third-order valence-corrected chi connectivity index (χ3v) is 5.67. The van der Waals surface area contributed by atoms with Crippen molar-refractivity contribution in [3.05, 3.63) is 59.2 Å². The largest absolute Gasteiger partial charge is 0.416 e. The summed E-state index contributed by atoms with van der Waals surface area (Å²) in [5.41, 5.74) is 6.05. The molecule has 1 aliphatic heterocycles. The summed E-state index contributed by atoms with van der Waals surface area (Å²) in [6.07, 6.45) is -5.47. The Labute approximate surface area is 174 Å². The molecule has 1 saturated heterocycles. The normalized spacial score (nSPS) is 21.0. The first-order valence-corrected chi connectivity index (χ1v) is 9.75. The average Bonchev–Trinajstić information content (AvgIpc) is 3.07. The van der Waals surface area contributed by atoms with Gasteiger partial charge in [-0.05, 0) is 31.0 Å². The fraction of sp³-hybridized carbons (Fsp3) is 0.381. The highest BCUT2D eigenvalue weighted by atomic mass is 19.4. The highest BCUT2D eigenvalue weighted by Crippen LogP contribution is 2.35. The van der Waals surface area contributed by atoms with E-state index in [1.807, 2.05) is 0 Å². The molecular weight excluding hydrogens is 422 g/mol. The molecule has 0 saturated carbocycles. The molecule has 3 atom stereocenters. The van der Waals surface area contributed by atoms with E-state index < -0.39 is 41.6 Å². The number of halogens is 6. The summed E-state index contributed by atoms with van der Waals surface area (Å²) in [5, 5.41) is 0. The predicted octanol–water partition coefficient (Wildman–Crippen LogP) is 4.82. The number of alkyl halides is 4. The summed E-state index contributed by atoms with van der Waals surface area (Å²) in [6, 6.07) is 5.26. The molecular formula is C21H20F6N4. The molecule has 2 aromatic carbocycles. The zero-order valence-electron chi connectivity index (χ0n) is 16.5. The van der Waals surface area contributed by atoms with Crippen LogP contribution in [0.1, 0.15) is 30.5 Å². The molecule has 4 nitrogen and oxygen atoms in total. The van der Waals surface area contributed by atoms with Crippen LogP contribution in [0.4, 0.5) is 32.3 Å². The second kappa shape index (κ2) is 7.74. The minimum atomic E-state index is -4.47. The number of rotatable bonds is 3. The highest BCUT2D eigenvalue weighted by Gasteiger charge is 2.32. The van der Waals surface area contributed by atoms with Crippen molar-refractivity contribution in [1.82, 2.24) is 9.55 Å². The molecule has 3 aromatic rings. The summed E-state index contributed by atoms with van der Waals surface area (Å²) in [4.78, 5) is 6.16. The van der Waals surface area contributed by atoms with E-state index in [9.17, 15) is 26.3 Å². The molecule has 0 unspecified atom stereocenters. The first-order chi connectivity index (χ1) is 14.6. The molecule has 31 heavy (non-hydrogen) atoms. The molecule has 0 bridgehead atoms. The Bertz CT molecular complexity index is 1090. The third-order valence-electron chi connectivity index (χ3n) is 5.67. The van der Waals surface area contributed by atoms with E-state index in [-0.39, 0.29) is 24.0 Å². The maximum absolute atomic E-state index is 14.0. The fourth-order valence-electron chi connectivity index (χ4n) is 3.92. The number of fused-ring (bicyclic) bond motifs is 1. The Morgan fingerprint density at radius 1 is 1.10 bits per heavy atom. The Hall–Kier alpha value is -2.75. The van der Waals surface area contributed by atoms with Gasteiger partial charge in [0.15, 0.2) is 11.6 Å². The quantitative estimate of drug-likeness (QED) is 0.592. The smallest absolute Gasteiger partial charge is 0.340 e. The first-order valence-electron chi connectivity index (χ1n) is 9.75. The van der Waals surface area contributed by atoms with E-state index in [2.05, 4.69) is 4.98 Å². The maximum Gasteiger partial charge on any atom is 0.416 e. The van der Waals surface area contributed by atoms with Gasteiger partial charge in [-0.15, -0.1) is 0 Å². The minimum Gasteiger partial charge on any atom is -0.340 e. The van der Waals surface area contributed by atoms with Crippen molar-refractivity contribution in [2.24, 2.45) is 5.73 Å². The molecule has 2 heterocycles. The Balaban J connectivity index is 1.82. The lowest BCUT2D eigenvalue weighted by atomic mass is 10.0. The van der Waals surface area contributed by atoms with Crippen LogP contribution in [0.3, 0.4) is 0 Å². The lowest BCUT2D eigenvalue weighted by Crippen LogP contribution is -2.50. The molecule has 1 aromatic heterocycles. The third kappa shape index (κ3) is 3.96. The summed E-state index contributed by atoms with van der Waals surface area (Å²) in [7, 11) is 0. The van der Waals surface area contributed by atoms with Crippen LogP contribution in [0.5, 0.6) is 0 Å². The van der Waals surface area contributed by atoms with Crippen molar-refractivity contribution in [2.45, 2.75) is 37.8 Å². The van der Waals surface area contributed by atoms with Gasteiger partial charge in [-0.2, -0.15) is 13.2 Å². The second-order valence-corrected chi connectivity index (χ2v) is 7.75. The van der Waals surface area contributed by atoms with Gasteiger partial charge >= 0.3 is 6.18 Å². The van der Waals surface area contributed by atoms with E-state index >= 15 is 0 Å². The van der Waals surface area contributed by atoms with Crippen LogP contribution in [0.2, 0.25) is 0 Å². The van der Waals surface area contributed by atoms with Crippen molar-refractivity contribution < 1.29 is 26.3 Å². The lowest BCUT2D eigenvalue weighted by Gasteiger charge is -2.35. The van der Waals surface area contributed by atoms with E-state index in [1.165, 1.54) is 12.1 Å². The van der Waals surface area contributed by atoms with Crippen LogP contribution in [-0.4, -0.2) is 34.9 Å². The molecule has 0 spiro atoms. The van der Waals surface area contributed by atoms with Gasteiger partial charge in [-0.1, -0.05) is 12.1 Å². The van der Waals surface area contributed by atoms with Crippen molar-refractivity contribution in [2.75, 3.05) is 18.0 Å². The van der Waals surface area contributed by atoms with Crippen molar-refractivity contribution in [3.63, 3.8) is 0 Å². The van der Waals surface area contributed by atoms with Gasteiger partial charge in [0.05, 0.1) is 28.7 Å². The lowest BCUT2D eigenvalue weighted by molar-refractivity contribution is -0.137. The van der Waals surface area contributed by atoms with Crippen molar-refractivity contribution >= 4 is 17.0 Å². The van der Waals surface area contributed by atoms with Crippen LogP contribution in [0.25, 0.3) is 11.0 Å². The molecule has 0 radical (unpaired) electrons. The average molecular weight is 442 g/mol. The van der Waals surface area contributed by atoms with Crippen molar-refractivity contribution in [3.8, 4) is 0 Å². The fourth-order valence-corrected chi connectivity index (χ4v) is 3.92. The SMILES string of the molecule is C[C@H](c1ccc(C(F)(F)F)cc1)n1c(N2CC[C@@H](F)[C@H](N)C2)nc2cc(F)c(F)cc21. The summed E-state index contributed by atoms with van der Waals surface area (Å²) in [6.45, 7) is 2.16. The molecule has 4 rings (SSSR count). The molecule has 0 aliphatic carbocycles. The molecule has 1 aliphatic rings. The minimum absolute atomic E-state index is 0.148. The van der Waals surface area contributed by atoms with Gasteiger partial charge in [0.25, 0.3) is 0 Å². The first kappa shape index (κ1) is 21.5. The number of nitrogens with zero attached hydrogens (tertiary/aromatic N) is 3. The van der Waals surface area contributed by atoms with E-state index in [1.54, 1.807) is 16.4 Å². The monoisotopic (exact) mass is 442 g/mol. The van der Waals surface area contributed by atoms with Crippen LogP contribution in [0.15, 0.2) is 36.4 Å². The van der Waals surface area contributed by atoms with E-state index in [0.717, 1.165) is 24.3 Å². The molecule has 0 amide bonds. The summed E-state index contributed by atoms with van der Waals surface area (Å²) >= 11 is 0. The van der Waals surface area contributed by atoms with Gasteiger partial charge < -0.3 is 15.2 Å². The number of nitrogens with two attached hydrogens (primary N) is 1. The van der Waals surface area contributed by atoms with Crippen LogP contribution >= 0.6 is 0 Å². The number of imidazole rings is 1. The van der Waals surface area contributed by atoms with Gasteiger partial charge in [0.2, 0.25) is 5.95 Å². The molecule has 1 fully saturated rings. The van der Waals surface area contributed by atoms with Gasteiger partial charge in [0, 0.05) is 25.2 Å². The molecule has 166 valence electrons. The van der Waals surface area contributed by atoms with Gasteiger partial charge in [-0.3, -0.25) is 0 Å². The predicted molar refractivity (Wildman–Crippen MR) is 105 cm³/mol. The van der Waals surface area contributed by atoms with Crippen LogP contribution in [-0.2, 0) is 6.18 Å². The van der Waals surface area contributed by atoms with Crippen LogP contribution in [0, 0.1) is 11.6 Å². The standard InChI is InChI=1S/C21H20F6N4/c1-11(12-2-4-13(5-3-12)21(25,26)27)31-19-9-16(24)15(23)8-18(19)29-20(31)30-7-6-14(22)17(28)10-30/h2-5,8-9,11,14,17H,6-7,10,28H2,1H3/t11-,14-,17-/m1/s1. The second-order valence-electron chi connectivity index (χ2n) is 7.75. The summed E-state index contributed by atoms with van der Waals surface area (Å²) < 4.78 is 82.1. The van der Waals surface area contributed by atoms with Crippen LogP contribution < -0.4 is 10.6 Å². The van der Waals surface area contributed by atoms with Crippen molar-refractivity contribution in [1.29, 1.82) is 0 Å². The Kier molecular flexibility index (Phi) is 5.36. The van der Waals surface area contributed by atoms with Gasteiger partial charge in [-0.25, -0.2) is 18.2 Å². The topological polar surface area (TPSA) is 47.1 Å². The zero-order valence-corrected chi connectivity index (χ0v) is 16.5.